The summed E-state index contributed by atoms with van der Waals surface area (Å²) in [5.41, 5.74) is 6.99. The van der Waals surface area contributed by atoms with Crippen LogP contribution >= 0.6 is 15.9 Å². The summed E-state index contributed by atoms with van der Waals surface area (Å²) in [6.07, 6.45) is -4.42. The Morgan fingerprint density at radius 3 is 2.26 bits per heavy atom. The van der Waals surface area contributed by atoms with Crippen LogP contribution < -0.4 is 11.1 Å². The van der Waals surface area contributed by atoms with Gasteiger partial charge >= 0.3 is 6.18 Å². The molecule has 23 heavy (non-hydrogen) atoms. The number of benzene rings is 2. The van der Waals surface area contributed by atoms with Crippen molar-refractivity contribution in [2.45, 2.75) is 6.18 Å². The highest BCUT2D eigenvalue weighted by molar-refractivity contribution is 9.10. The maximum Gasteiger partial charge on any atom is 0.454 e. The van der Waals surface area contributed by atoms with Crippen molar-refractivity contribution in [2.24, 2.45) is 0 Å². The highest BCUT2D eigenvalue weighted by atomic mass is 79.9. The molecule has 0 fully saturated rings. The molecule has 0 unspecified atom stereocenters. The first-order valence-corrected chi connectivity index (χ1v) is 7.27. The maximum atomic E-state index is 12.6. The molecule has 0 atom stereocenters. The van der Waals surface area contributed by atoms with Gasteiger partial charge in [0.1, 0.15) is 0 Å². The minimum Gasteiger partial charge on any atom is -0.397 e. The number of ketones is 1. The van der Waals surface area contributed by atoms with Crippen molar-refractivity contribution in [1.29, 1.82) is 0 Å². The second-order valence-electron chi connectivity index (χ2n) is 4.64. The van der Waals surface area contributed by atoms with Gasteiger partial charge in [0.25, 0.3) is 5.78 Å². The first kappa shape index (κ1) is 17.1. The van der Waals surface area contributed by atoms with Crippen LogP contribution in [0.25, 0.3) is 5.70 Å². The van der Waals surface area contributed by atoms with Gasteiger partial charge in [-0.25, -0.2) is 0 Å². The SMILES string of the molecule is Nc1ccccc1N/C(=C/C(=O)C(F)(F)F)c1ccc(Br)cc1. The van der Waals surface area contributed by atoms with Crippen LogP contribution in [-0.4, -0.2) is 12.0 Å². The van der Waals surface area contributed by atoms with E-state index in [1.165, 1.54) is 0 Å². The average Bonchev–Trinajstić information content (AvgIpc) is 2.48. The molecule has 3 nitrogen and oxygen atoms in total. The van der Waals surface area contributed by atoms with Crippen molar-refractivity contribution in [3.8, 4) is 0 Å². The molecule has 120 valence electrons. The van der Waals surface area contributed by atoms with Crippen LogP contribution in [0.4, 0.5) is 24.5 Å². The second kappa shape index (κ2) is 6.87. The largest absolute Gasteiger partial charge is 0.454 e. The molecule has 2 aromatic carbocycles. The third-order valence-electron chi connectivity index (χ3n) is 2.94. The summed E-state index contributed by atoms with van der Waals surface area (Å²) in [7, 11) is 0. The number of allylic oxidation sites excluding steroid dienone is 1. The predicted molar refractivity (Wildman–Crippen MR) is 87.7 cm³/mol. The molecule has 0 heterocycles. The Hall–Kier alpha value is -2.28. The molecule has 0 bridgehead atoms. The molecular formula is C16H12BrF3N2O. The maximum absolute atomic E-state index is 12.6. The van der Waals surface area contributed by atoms with Crippen LogP contribution in [0.2, 0.25) is 0 Å². The lowest BCUT2D eigenvalue weighted by Crippen LogP contribution is -2.21. The minimum absolute atomic E-state index is 0.0118. The summed E-state index contributed by atoms with van der Waals surface area (Å²) in [5.74, 6) is -1.95. The fourth-order valence-electron chi connectivity index (χ4n) is 1.79. The van der Waals surface area contributed by atoms with Crippen LogP contribution in [0.1, 0.15) is 5.56 Å². The average molecular weight is 385 g/mol. The zero-order valence-corrected chi connectivity index (χ0v) is 13.3. The van der Waals surface area contributed by atoms with Gasteiger partial charge in [0, 0.05) is 16.2 Å². The van der Waals surface area contributed by atoms with E-state index in [2.05, 4.69) is 21.2 Å². The van der Waals surface area contributed by atoms with Gasteiger partial charge in [-0.15, -0.1) is 0 Å². The molecule has 0 aliphatic rings. The predicted octanol–water partition coefficient (Wildman–Crippen LogP) is 4.62. The summed E-state index contributed by atoms with van der Waals surface area (Å²) in [6.45, 7) is 0. The number of anilines is 2. The van der Waals surface area contributed by atoms with Gasteiger partial charge in [0.05, 0.1) is 11.4 Å². The van der Waals surface area contributed by atoms with Crippen molar-refractivity contribution in [2.75, 3.05) is 11.1 Å². The number of hydrogen-bond donors (Lipinski definition) is 2. The molecule has 0 aliphatic carbocycles. The highest BCUT2D eigenvalue weighted by Crippen LogP contribution is 2.26. The smallest absolute Gasteiger partial charge is 0.397 e. The molecule has 0 spiro atoms. The third kappa shape index (κ3) is 4.59. The fraction of sp³-hybridized carbons (Fsp3) is 0.0625. The van der Waals surface area contributed by atoms with E-state index in [0.717, 1.165) is 4.47 Å². The Morgan fingerprint density at radius 1 is 1.09 bits per heavy atom. The summed E-state index contributed by atoms with van der Waals surface area (Å²) >= 11 is 3.25. The van der Waals surface area contributed by atoms with E-state index in [4.69, 9.17) is 5.73 Å². The monoisotopic (exact) mass is 384 g/mol. The van der Waals surface area contributed by atoms with E-state index in [1.807, 2.05) is 0 Å². The number of hydrogen-bond acceptors (Lipinski definition) is 3. The summed E-state index contributed by atoms with van der Waals surface area (Å²) < 4.78 is 38.4. The lowest BCUT2D eigenvalue weighted by molar-refractivity contribution is -0.165. The number of para-hydroxylation sites is 2. The van der Waals surface area contributed by atoms with Gasteiger partial charge < -0.3 is 11.1 Å². The molecule has 2 aromatic rings. The Kier molecular flexibility index (Phi) is 5.10. The number of carbonyl (C=O) groups excluding carboxylic acids is 1. The number of nitrogens with two attached hydrogens (primary N) is 1. The van der Waals surface area contributed by atoms with Gasteiger partial charge in [-0.05, 0) is 29.8 Å². The highest BCUT2D eigenvalue weighted by Gasteiger charge is 2.36. The quantitative estimate of drug-likeness (QED) is 0.597. The molecule has 0 saturated carbocycles. The molecule has 0 radical (unpaired) electrons. The molecule has 3 N–H and O–H groups in total. The van der Waals surface area contributed by atoms with E-state index in [1.54, 1.807) is 48.5 Å². The number of rotatable bonds is 4. The van der Waals surface area contributed by atoms with Crippen molar-refractivity contribution in [1.82, 2.24) is 0 Å². The number of carbonyl (C=O) groups is 1. The lowest BCUT2D eigenvalue weighted by atomic mass is 10.1. The first-order valence-electron chi connectivity index (χ1n) is 6.47. The summed E-state index contributed by atoms with van der Waals surface area (Å²) in [4.78, 5) is 11.3. The van der Waals surface area contributed by atoms with Crippen molar-refractivity contribution in [3.63, 3.8) is 0 Å². The van der Waals surface area contributed by atoms with Gasteiger partial charge in [-0.2, -0.15) is 13.2 Å². The van der Waals surface area contributed by atoms with E-state index in [9.17, 15) is 18.0 Å². The molecule has 0 amide bonds. The third-order valence-corrected chi connectivity index (χ3v) is 3.47. The molecule has 0 saturated heterocycles. The zero-order valence-electron chi connectivity index (χ0n) is 11.7. The van der Waals surface area contributed by atoms with Crippen LogP contribution in [0.5, 0.6) is 0 Å². The topological polar surface area (TPSA) is 55.1 Å². The Morgan fingerprint density at radius 2 is 1.70 bits per heavy atom. The normalized spacial score (nSPS) is 12.1. The number of halogens is 4. The van der Waals surface area contributed by atoms with E-state index >= 15 is 0 Å². The Balaban J connectivity index is 2.43. The first-order chi connectivity index (χ1) is 10.8. The molecule has 2 rings (SSSR count). The van der Waals surface area contributed by atoms with Crippen molar-refractivity contribution in [3.05, 3.63) is 64.6 Å². The van der Waals surface area contributed by atoms with Crippen LogP contribution in [0.15, 0.2) is 59.1 Å². The van der Waals surface area contributed by atoms with Gasteiger partial charge in [-0.1, -0.05) is 40.2 Å². The molecule has 0 aliphatic heterocycles. The van der Waals surface area contributed by atoms with Gasteiger partial charge in [0.2, 0.25) is 0 Å². The Labute approximate surface area is 139 Å². The lowest BCUT2D eigenvalue weighted by Gasteiger charge is -2.14. The Bertz CT molecular complexity index is 740. The molecular weight excluding hydrogens is 373 g/mol. The van der Waals surface area contributed by atoms with Gasteiger partial charge in [0.15, 0.2) is 0 Å². The number of nitrogen functional groups attached to an aromatic ring is 1. The van der Waals surface area contributed by atoms with Gasteiger partial charge in [-0.3, -0.25) is 4.79 Å². The van der Waals surface area contributed by atoms with Crippen LogP contribution in [-0.2, 0) is 4.79 Å². The minimum atomic E-state index is -4.94. The molecule has 7 heteroatoms. The zero-order chi connectivity index (χ0) is 17.0. The van der Waals surface area contributed by atoms with Crippen molar-refractivity contribution < 1.29 is 18.0 Å². The van der Waals surface area contributed by atoms with E-state index < -0.39 is 12.0 Å². The van der Waals surface area contributed by atoms with Crippen LogP contribution in [0.3, 0.4) is 0 Å². The fourth-order valence-corrected chi connectivity index (χ4v) is 2.05. The number of nitrogens with one attached hydrogen (secondary N) is 1. The second-order valence-corrected chi connectivity index (χ2v) is 5.55. The van der Waals surface area contributed by atoms with Crippen molar-refractivity contribution >= 4 is 38.8 Å². The summed E-state index contributed by atoms with van der Waals surface area (Å²) in [6, 6.07) is 13.1. The van der Waals surface area contributed by atoms with E-state index in [-0.39, 0.29) is 5.70 Å². The van der Waals surface area contributed by atoms with E-state index in [0.29, 0.717) is 23.0 Å². The standard InChI is InChI=1S/C16H12BrF3N2O/c17-11-7-5-10(6-8-11)14(9-15(23)16(18,19)20)22-13-4-2-1-3-12(13)21/h1-9,22H,21H2/b14-9+. The summed E-state index contributed by atoms with van der Waals surface area (Å²) in [5, 5.41) is 2.79. The number of alkyl halides is 3. The molecule has 0 aromatic heterocycles. The van der Waals surface area contributed by atoms with Crippen LogP contribution in [0, 0.1) is 0 Å².